The third-order valence-electron chi connectivity index (χ3n) is 10.4. The van der Waals surface area contributed by atoms with Crippen LogP contribution in [0.1, 0.15) is 25.0 Å². The topological polar surface area (TPSA) is 0 Å². The van der Waals surface area contributed by atoms with E-state index >= 15 is 0 Å². The summed E-state index contributed by atoms with van der Waals surface area (Å²) in [5.74, 6) is 0. The van der Waals surface area contributed by atoms with Crippen LogP contribution in [0.15, 0.2) is 146 Å². The first-order chi connectivity index (χ1) is 22.6. The highest BCUT2D eigenvalue weighted by Crippen LogP contribution is 2.54. The van der Waals surface area contributed by atoms with Gasteiger partial charge in [0.15, 0.2) is 0 Å². The smallest absolute Gasteiger partial charge is 0.0361 e. The fourth-order valence-corrected chi connectivity index (χ4v) is 9.53. The largest absolute Gasteiger partial charge is 0.135 e. The van der Waals surface area contributed by atoms with Crippen LogP contribution >= 0.6 is 11.3 Å². The number of thiophene rings is 1. The van der Waals surface area contributed by atoms with Crippen LogP contribution in [-0.4, -0.2) is 0 Å². The van der Waals surface area contributed by atoms with E-state index in [1.165, 1.54) is 97.0 Å². The van der Waals surface area contributed by atoms with Crippen molar-refractivity contribution in [3.63, 3.8) is 0 Å². The molecule has 0 saturated carbocycles. The van der Waals surface area contributed by atoms with E-state index in [4.69, 9.17) is 0 Å². The van der Waals surface area contributed by atoms with Gasteiger partial charge in [-0.25, -0.2) is 0 Å². The molecule has 10 rings (SSSR count). The fraction of sp³-hybridized carbons (Fsp3) is 0.0667. The molecule has 1 heterocycles. The standard InChI is InChI=1S/C45H30S/c1-45(2)39-23-21-29(43-33-17-8-6-15-31(33)42(27-12-4-3-5-13-27)32-16-7-9-18-34(32)43)25-37(39)35-22-20-28-24-38-30-14-10-11-19-40(30)46-41(38)26-36(28)44(35)45/h3-26H,1-2H3. The lowest BCUT2D eigenvalue weighted by Crippen LogP contribution is -2.15. The number of hydrogen-bond donors (Lipinski definition) is 0. The summed E-state index contributed by atoms with van der Waals surface area (Å²) in [4.78, 5) is 0. The van der Waals surface area contributed by atoms with Crippen LogP contribution in [0.4, 0.5) is 0 Å². The molecular weight excluding hydrogens is 573 g/mol. The Morgan fingerprint density at radius 1 is 0.413 bits per heavy atom. The molecule has 0 bridgehead atoms. The number of rotatable bonds is 2. The highest BCUT2D eigenvalue weighted by atomic mass is 32.1. The van der Waals surface area contributed by atoms with Crippen molar-refractivity contribution in [2.45, 2.75) is 19.3 Å². The minimum atomic E-state index is -0.103. The van der Waals surface area contributed by atoms with Crippen molar-refractivity contribution in [1.82, 2.24) is 0 Å². The highest BCUT2D eigenvalue weighted by Gasteiger charge is 2.37. The van der Waals surface area contributed by atoms with E-state index in [0.29, 0.717) is 0 Å². The SMILES string of the molecule is CC1(C)c2ccc(-c3c4ccccc4c(-c4ccccc4)c4ccccc34)cc2-c2ccc3cc4c(cc3c21)sc1ccccc14. The van der Waals surface area contributed by atoms with Crippen LogP contribution in [0.3, 0.4) is 0 Å². The highest BCUT2D eigenvalue weighted by molar-refractivity contribution is 7.25. The first-order valence-electron chi connectivity index (χ1n) is 16.1. The molecule has 216 valence electrons. The summed E-state index contributed by atoms with van der Waals surface area (Å²) in [5, 5.41) is 10.6. The summed E-state index contributed by atoms with van der Waals surface area (Å²) in [6.07, 6.45) is 0. The van der Waals surface area contributed by atoms with Gasteiger partial charge >= 0.3 is 0 Å². The third kappa shape index (κ3) is 3.49. The van der Waals surface area contributed by atoms with Crippen LogP contribution < -0.4 is 0 Å². The van der Waals surface area contributed by atoms with E-state index in [0.717, 1.165) is 0 Å². The zero-order valence-electron chi connectivity index (χ0n) is 25.8. The van der Waals surface area contributed by atoms with Crippen LogP contribution in [0.5, 0.6) is 0 Å². The van der Waals surface area contributed by atoms with Gasteiger partial charge in [0.05, 0.1) is 0 Å². The first-order valence-corrected chi connectivity index (χ1v) is 16.9. The minimum absolute atomic E-state index is 0.103. The predicted octanol–water partition coefficient (Wildman–Crippen LogP) is 13.2. The Labute approximate surface area is 272 Å². The van der Waals surface area contributed by atoms with Crippen LogP contribution in [0.25, 0.3) is 85.9 Å². The molecule has 0 radical (unpaired) electrons. The summed E-state index contributed by atoms with van der Waals surface area (Å²) in [6, 6.07) is 54.4. The minimum Gasteiger partial charge on any atom is -0.135 e. The zero-order valence-corrected chi connectivity index (χ0v) is 26.6. The maximum Gasteiger partial charge on any atom is 0.0361 e. The quantitative estimate of drug-likeness (QED) is 0.173. The van der Waals surface area contributed by atoms with E-state index in [1.54, 1.807) is 0 Å². The van der Waals surface area contributed by atoms with Crippen LogP contribution in [0.2, 0.25) is 0 Å². The second-order valence-electron chi connectivity index (χ2n) is 13.2. The van der Waals surface area contributed by atoms with E-state index in [9.17, 15) is 0 Å². The van der Waals surface area contributed by atoms with Gasteiger partial charge in [0.25, 0.3) is 0 Å². The van der Waals surface area contributed by atoms with E-state index in [1.807, 2.05) is 11.3 Å². The molecule has 46 heavy (non-hydrogen) atoms. The van der Waals surface area contributed by atoms with E-state index < -0.39 is 0 Å². The molecule has 0 saturated heterocycles. The normalized spacial score (nSPS) is 13.6. The van der Waals surface area contributed by atoms with Crippen LogP contribution in [0, 0.1) is 0 Å². The number of benzene rings is 8. The van der Waals surface area contributed by atoms with Crippen molar-refractivity contribution in [3.8, 4) is 33.4 Å². The monoisotopic (exact) mass is 602 g/mol. The van der Waals surface area contributed by atoms with Gasteiger partial charge in [-0.3, -0.25) is 0 Å². The Morgan fingerprint density at radius 2 is 1.02 bits per heavy atom. The van der Waals surface area contributed by atoms with Crippen LogP contribution in [-0.2, 0) is 5.41 Å². The lowest BCUT2D eigenvalue weighted by Gasteiger charge is -2.23. The molecule has 0 unspecified atom stereocenters. The molecule has 0 N–H and O–H groups in total. The lowest BCUT2D eigenvalue weighted by atomic mass is 9.79. The lowest BCUT2D eigenvalue weighted by molar-refractivity contribution is 0.666. The molecule has 0 spiro atoms. The molecule has 0 amide bonds. The second-order valence-corrected chi connectivity index (χ2v) is 14.3. The Hall–Kier alpha value is -5.24. The van der Waals surface area contributed by atoms with Crippen molar-refractivity contribution >= 4 is 63.8 Å². The summed E-state index contributed by atoms with van der Waals surface area (Å²) < 4.78 is 2.72. The Bertz CT molecular complexity index is 2650. The van der Waals surface area contributed by atoms with Crippen molar-refractivity contribution in [1.29, 1.82) is 0 Å². The summed E-state index contributed by atoms with van der Waals surface area (Å²) in [5.41, 5.74) is 10.6. The van der Waals surface area contributed by atoms with Gasteiger partial charge in [0, 0.05) is 25.6 Å². The molecule has 1 aromatic heterocycles. The third-order valence-corrected chi connectivity index (χ3v) is 11.5. The second kappa shape index (κ2) is 9.39. The van der Waals surface area contributed by atoms with Crippen molar-refractivity contribution in [3.05, 3.63) is 157 Å². The maximum absolute atomic E-state index is 2.48. The Morgan fingerprint density at radius 3 is 1.72 bits per heavy atom. The summed E-state index contributed by atoms with van der Waals surface area (Å²) in [6.45, 7) is 4.82. The molecule has 1 heteroatoms. The molecule has 0 atom stereocenters. The van der Waals surface area contributed by atoms with Crippen molar-refractivity contribution < 1.29 is 0 Å². The average molecular weight is 603 g/mol. The van der Waals surface area contributed by atoms with E-state index in [-0.39, 0.29) is 5.41 Å². The fourth-order valence-electron chi connectivity index (χ4n) is 8.40. The van der Waals surface area contributed by atoms with Gasteiger partial charge in [0.1, 0.15) is 0 Å². The van der Waals surface area contributed by atoms with E-state index in [2.05, 4.69) is 159 Å². The molecule has 0 nitrogen and oxygen atoms in total. The molecule has 1 aliphatic rings. The molecule has 9 aromatic rings. The first kappa shape index (κ1) is 26.0. The van der Waals surface area contributed by atoms with Crippen molar-refractivity contribution in [2.24, 2.45) is 0 Å². The summed E-state index contributed by atoms with van der Waals surface area (Å²) >= 11 is 1.91. The Balaban J connectivity index is 1.24. The van der Waals surface area contributed by atoms with Crippen molar-refractivity contribution in [2.75, 3.05) is 0 Å². The zero-order chi connectivity index (χ0) is 30.6. The molecule has 8 aromatic carbocycles. The molecular formula is C45H30S. The van der Waals surface area contributed by atoms with Gasteiger partial charge < -0.3 is 0 Å². The van der Waals surface area contributed by atoms with Gasteiger partial charge in [-0.05, 0) is 101 Å². The summed E-state index contributed by atoms with van der Waals surface area (Å²) in [7, 11) is 0. The molecule has 0 aliphatic heterocycles. The number of hydrogen-bond acceptors (Lipinski definition) is 1. The van der Waals surface area contributed by atoms with Gasteiger partial charge in [-0.2, -0.15) is 0 Å². The number of fused-ring (bicyclic) bond motifs is 10. The average Bonchev–Trinajstić information content (AvgIpc) is 3.57. The maximum atomic E-state index is 2.48. The Kier molecular flexibility index (Phi) is 5.31. The molecule has 1 aliphatic carbocycles. The van der Waals surface area contributed by atoms with Gasteiger partial charge in [-0.1, -0.05) is 135 Å². The van der Waals surface area contributed by atoms with Gasteiger partial charge in [-0.15, -0.1) is 11.3 Å². The predicted molar refractivity (Wildman–Crippen MR) is 200 cm³/mol. The molecule has 0 fully saturated rings. The van der Waals surface area contributed by atoms with Gasteiger partial charge in [0.2, 0.25) is 0 Å².